The molecule has 26 heavy (non-hydrogen) atoms. The molecule has 0 radical (unpaired) electrons. The van der Waals surface area contributed by atoms with E-state index >= 15 is 0 Å². The van der Waals surface area contributed by atoms with Crippen molar-refractivity contribution in [2.75, 3.05) is 19.6 Å². The fourth-order valence-electron chi connectivity index (χ4n) is 4.67. The van der Waals surface area contributed by atoms with Crippen molar-refractivity contribution in [3.8, 4) is 0 Å². The smallest absolute Gasteiger partial charge is 0.289 e. The van der Waals surface area contributed by atoms with Crippen molar-refractivity contribution in [3.63, 3.8) is 0 Å². The van der Waals surface area contributed by atoms with E-state index in [2.05, 4.69) is 0 Å². The molecular formula is C21H24N2O3. The summed E-state index contributed by atoms with van der Waals surface area (Å²) in [6.07, 6.45) is 5.09. The Morgan fingerprint density at radius 1 is 1.04 bits per heavy atom. The van der Waals surface area contributed by atoms with Gasteiger partial charge in [-0.05, 0) is 50.2 Å². The van der Waals surface area contributed by atoms with E-state index in [-0.39, 0.29) is 17.9 Å². The highest BCUT2D eigenvalue weighted by atomic mass is 16.3. The van der Waals surface area contributed by atoms with Crippen molar-refractivity contribution in [1.29, 1.82) is 0 Å². The van der Waals surface area contributed by atoms with Gasteiger partial charge in [-0.15, -0.1) is 0 Å². The summed E-state index contributed by atoms with van der Waals surface area (Å²) in [5.74, 6) is 1.45. The van der Waals surface area contributed by atoms with E-state index in [1.807, 2.05) is 40.1 Å². The van der Waals surface area contributed by atoms with Gasteiger partial charge in [-0.2, -0.15) is 0 Å². The van der Waals surface area contributed by atoms with Gasteiger partial charge in [0.05, 0.1) is 0 Å². The summed E-state index contributed by atoms with van der Waals surface area (Å²) in [7, 11) is 0. The molecule has 3 heterocycles. The molecule has 2 aliphatic heterocycles. The SMILES string of the molecule is O=C(C1CC1)N1CC[C@H]2[C@H](CCCN2C(=O)c2cc3ccccc3o2)C1. The monoisotopic (exact) mass is 352 g/mol. The summed E-state index contributed by atoms with van der Waals surface area (Å²) in [6, 6.07) is 9.82. The topological polar surface area (TPSA) is 53.8 Å². The van der Waals surface area contributed by atoms with E-state index in [4.69, 9.17) is 4.42 Å². The summed E-state index contributed by atoms with van der Waals surface area (Å²) in [5.41, 5.74) is 0.759. The van der Waals surface area contributed by atoms with Crippen LogP contribution < -0.4 is 0 Å². The number of benzene rings is 1. The van der Waals surface area contributed by atoms with E-state index < -0.39 is 0 Å². The lowest BCUT2D eigenvalue weighted by molar-refractivity contribution is -0.135. The second-order valence-electron chi connectivity index (χ2n) is 7.96. The van der Waals surface area contributed by atoms with Crippen molar-refractivity contribution in [2.45, 2.75) is 38.1 Å². The van der Waals surface area contributed by atoms with Crippen molar-refractivity contribution in [2.24, 2.45) is 11.8 Å². The minimum Gasteiger partial charge on any atom is -0.451 e. The lowest BCUT2D eigenvalue weighted by Crippen LogP contribution is -2.56. The quantitative estimate of drug-likeness (QED) is 0.833. The number of hydrogen-bond acceptors (Lipinski definition) is 3. The molecule has 2 aromatic rings. The number of nitrogens with zero attached hydrogens (tertiary/aromatic N) is 2. The molecular weight excluding hydrogens is 328 g/mol. The molecule has 5 rings (SSSR count). The number of furan rings is 1. The number of rotatable bonds is 2. The van der Waals surface area contributed by atoms with Gasteiger partial charge in [0.25, 0.3) is 5.91 Å². The van der Waals surface area contributed by atoms with Crippen LogP contribution in [0.2, 0.25) is 0 Å². The molecule has 1 aromatic heterocycles. The number of para-hydroxylation sites is 1. The molecule has 0 unspecified atom stereocenters. The van der Waals surface area contributed by atoms with Crippen molar-refractivity contribution >= 4 is 22.8 Å². The molecule has 136 valence electrons. The summed E-state index contributed by atoms with van der Waals surface area (Å²) < 4.78 is 5.81. The van der Waals surface area contributed by atoms with Gasteiger partial charge in [0.1, 0.15) is 5.58 Å². The Bertz CT molecular complexity index is 821. The number of carbonyl (C=O) groups is 2. The molecule has 3 fully saturated rings. The van der Waals surface area contributed by atoms with Gasteiger partial charge >= 0.3 is 0 Å². The normalized spacial score (nSPS) is 26.0. The van der Waals surface area contributed by atoms with Crippen LogP contribution in [0, 0.1) is 11.8 Å². The summed E-state index contributed by atoms with van der Waals surface area (Å²) in [6.45, 7) is 2.37. The van der Waals surface area contributed by atoms with Crippen LogP contribution in [0.4, 0.5) is 0 Å². The largest absolute Gasteiger partial charge is 0.451 e. The van der Waals surface area contributed by atoms with Gasteiger partial charge in [0, 0.05) is 37.0 Å². The van der Waals surface area contributed by atoms with Crippen LogP contribution in [0.1, 0.15) is 42.7 Å². The maximum atomic E-state index is 13.1. The van der Waals surface area contributed by atoms with Gasteiger partial charge in [-0.1, -0.05) is 18.2 Å². The zero-order valence-corrected chi connectivity index (χ0v) is 14.9. The Balaban J connectivity index is 1.34. The second-order valence-corrected chi connectivity index (χ2v) is 7.96. The fraction of sp³-hybridized carbons (Fsp3) is 0.524. The molecule has 2 amide bonds. The lowest BCUT2D eigenvalue weighted by atomic mass is 9.83. The minimum absolute atomic E-state index is 0.00197. The van der Waals surface area contributed by atoms with Crippen molar-refractivity contribution < 1.29 is 14.0 Å². The Hall–Kier alpha value is -2.30. The van der Waals surface area contributed by atoms with E-state index in [0.717, 1.165) is 62.7 Å². The van der Waals surface area contributed by atoms with Crippen LogP contribution in [-0.4, -0.2) is 47.3 Å². The van der Waals surface area contributed by atoms with Crippen LogP contribution in [0.25, 0.3) is 11.0 Å². The zero-order chi connectivity index (χ0) is 17.7. The summed E-state index contributed by atoms with van der Waals surface area (Å²) >= 11 is 0. The highest BCUT2D eigenvalue weighted by Crippen LogP contribution is 2.36. The molecule has 3 aliphatic rings. The average Bonchev–Trinajstić information content (AvgIpc) is 3.44. The third kappa shape index (κ3) is 2.70. The molecule has 0 bridgehead atoms. The Morgan fingerprint density at radius 3 is 2.69 bits per heavy atom. The third-order valence-electron chi connectivity index (χ3n) is 6.20. The highest BCUT2D eigenvalue weighted by Gasteiger charge is 2.42. The number of amides is 2. The van der Waals surface area contributed by atoms with Crippen LogP contribution in [0.3, 0.4) is 0 Å². The number of piperidine rings is 2. The van der Waals surface area contributed by atoms with Gasteiger partial charge in [0.2, 0.25) is 5.91 Å². The average molecular weight is 352 g/mol. The van der Waals surface area contributed by atoms with Crippen LogP contribution in [0.15, 0.2) is 34.7 Å². The summed E-state index contributed by atoms with van der Waals surface area (Å²) in [4.78, 5) is 29.6. The number of fused-ring (bicyclic) bond motifs is 2. The molecule has 0 spiro atoms. The Kier molecular flexibility index (Phi) is 3.76. The van der Waals surface area contributed by atoms with Crippen LogP contribution in [0.5, 0.6) is 0 Å². The van der Waals surface area contributed by atoms with E-state index in [1.165, 1.54) is 0 Å². The van der Waals surface area contributed by atoms with E-state index in [9.17, 15) is 9.59 Å². The predicted octanol–water partition coefficient (Wildman–Crippen LogP) is 3.30. The Morgan fingerprint density at radius 2 is 1.88 bits per heavy atom. The maximum absolute atomic E-state index is 13.1. The molecule has 1 saturated carbocycles. The molecule has 5 heteroatoms. The molecule has 1 aromatic carbocycles. The molecule has 2 saturated heterocycles. The van der Waals surface area contributed by atoms with Gasteiger partial charge < -0.3 is 14.2 Å². The first-order valence-corrected chi connectivity index (χ1v) is 9.79. The molecule has 5 nitrogen and oxygen atoms in total. The summed E-state index contributed by atoms with van der Waals surface area (Å²) in [5, 5.41) is 0.967. The zero-order valence-electron chi connectivity index (χ0n) is 14.9. The number of carbonyl (C=O) groups excluding carboxylic acids is 2. The lowest BCUT2D eigenvalue weighted by Gasteiger charge is -2.47. The third-order valence-corrected chi connectivity index (χ3v) is 6.20. The second kappa shape index (κ2) is 6.15. The fourth-order valence-corrected chi connectivity index (χ4v) is 4.67. The van der Waals surface area contributed by atoms with Gasteiger partial charge in [-0.3, -0.25) is 9.59 Å². The number of hydrogen-bond donors (Lipinski definition) is 0. The first-order valence-electron chi connectivity index (χ1n) is 9.79. The van der Waals surface area contributed by atoms with Gasteiger partial charge in [-0.25, -0.2) is 0 Å². The first-order chi connectivity index (χ1) is 12.7. The van der Waals surface area contributed by atoms with Gasteiger partial charge in [0.15, 0.2) is 5.76 Å². The van der Waals surface area contributed by atoms with Crippen LogP contribution >= 0.6 is 0 Å². The first kappa shape index (κ1) is 15.9. The van der Waals surface area contributed by atoms with Crippen molar-refractivity contribution in [3.05, 3.63) is 36.1 Å². The van der Waals surface area contributed by atoms with E-state index in [0.29, 0.717) is 17.6 Å². The minimum atomic E-state index is -0.00197. The predicted molar refractivity (Wildman–Crippen MR) is 97.7 cm³/mol. The highest BCUT2D eigenvalue weighted by molar-refractivity contribution is 5.96. The van der Waals surface area contributed by atoms with Crippen molar-refractivity contribution in [1.82, 2.24) is 9.80 Å². The van der Waals surface area contributed by atoms with E-state index in [1.54, 1.807) is 0 Å². The Labute approximate surface area is 152 Å². The van der Waals surface area contributed by atoms with Crippen LogP contribution in [-0.2, 0) is 4.79 Å². The maximum Gasteiger partial charge on any atom is 0.289 e. The number of likely N-dealkylation sites (tertiary alicyclic amines) is 2. The molecule has 1 aliphatic carbocycles. The standard InChI is InChI=1S/C21H24N2O3/c24-20(14-7-8-14)22-11-9-17-16(13-22)5-3-10-23(17)21(25)19-12-15-4-1-2-6-18(15)26-19/h1-2,4,6,12,14,16-17H,3,5,7-11,13H2/t16-,17+/m1/s1. The molecule has 2 atom stereocenters. The molecule has 0 N–H and O–H groups in total.